The normalized spacial score (nSPS) is 16.0. The highest BCUT2D eigenvalue weighted by Gasteiger charge is 2.33. The van der Waals surface area contributed by atoms with Gasteiger partial charge in [-0.2, -0.15) is 5.10 Å². The van der Waals surface area contributed by atoms with Gasteiger partial charge in [0, 0.05) is 18.8 Å². The van der Waals surface area contributed by atoms with Gasteiger partial charge in [0.15, 0.2) is 0 Å². The molecular weight excluding hydrogens is 374 g/mol. The fourth-order valence-corrected chi connectivity index (χ4v) is 5.14. The topological polar surface area (TPSA) is 81.1 Å². The van der Waals surface area contributed by atoms with E-state index >= 15 is 0 Å². The number of hydrogen-bond acceptors (Lipinski definition) is 4. The van der Waals surface area contributed by atoms with Crippen LogP contribution in [-0.4, -0.2) is 24.1 Å². The number of amides is 1. The Hall–Kier alpha value is -2.93. The maximum atomic E-state index is 12.9. The molecule has 7 heteroatoms. The molecular formula is C21H21N3O3S. The van der Waals surface area contributed by atoms with Crippen LogP contribution in [0.15, 0.2) is 59.8 Å². The van der Waals surface area contributed by atoms with Crippen LogP contribution in [0.4, 0.5) is 0 Å². The number of benzene rings is 2. The Bertz CT molecular complexity index is 1170. The minimum absolute atomic E-state index is 0.130. The first-order valence-corrected chi connectivity index (χ1v) is 10.6. The molecule has 4 rings (SSSR count). The highest BCUT2D eigenvalue weighted by molar-refractivity contribution is 7.90. The van der Waals surface area contributed by atoms with Crippen molar-refractivity contribution in [3.05, 3.63) is 71.5 Å². The van der Waals surface area contributed by atoms with Crippen molar-refractivity contribution in [2.75, 3.05) is 0 Å². The summed E-state index contributed by atoms with van der Waals surface area (Å²) in [7, 11) is -2.04. The monoisotopic (exact) mass is 395 g/mol. The van der Waals surface area contributed by atoms with Crippen molar-refractivity contribution in [3.8, 4) is 11.1 Å². The standard InChI is InChI=1S/C21H21N3O3S/c1-14-6-3-4-9-20(14)28(26,27)23-21(25)19-11-10-18-16(7-5-8-17(18)19)15-12-22-24(2)13-15/h3-9,12-13,19H,10-11H2,1-2H3,(H,23,25). The highest BCUT2D eigenvalue weighted by Crippen LogP contribution is 2.39. The Morgan fingerprint density at radius 3 is 2.68 bits per heavy atom. The molecule has 3 aromatic rings. The molecule has 1 aromatic heterocycles. The summed E-state index contributed by atoms with van der Waals surface area (Å²) >= 11 is 0. The third-order valence-corrected chi connectivity index (χ3v) is 6.73. The molecule has 1 amide bonds. The van der Waals surface area contributed by atoms with E-state index in [2.05, 4.69) is 9.82 Å². The van der Waals surface area contributed by atoms with Gasteiger partial charge in [0.2, 0.25) is 5.91 Å². The molecule has 6 nitrogen and oxygen atoms in total. The predicted molar refractivity (Wildman–Crippen MR) is 106 cm³/mol. The van der Waals surface area contributed by atoms with E-state index in [0.717, 1.165) is 28.7 Å². The van der Waals surface area contributed by atoms with Crippen LogP contribution in [-0.2, 0) is 28.3 Å². The van der Waals surface area contributed by atoms with E-state index in [-0.39, 0.29) is 4.90 Å². The molecule has 2 aromatic carbocycles. The van der Waals surface area contributed by atoms with Crippen LogP contribution >= 0.6 is 0 Å². The van der Waals surface area contributed by atoms with Gasteiger partial charge in [0.25, 0.3) is 10.0 Å². The predicted octanol–water partition coefficient (Wildman–Crippen LogP) is 2.93. The maximum absolute atomic E-state index is 12.9. The molecule has 0 saturated carbocycles. The lowest BCUT2D eigenvalue weighted by molar-refractivity contribution is -0.120. The molecule has 0 radical (unpaired) electrons. The van der Waals surface area contributed by atoms with Crippen molar-refractivity contribution in [2.45, 2.75) is 30.6 Å². The Labute approximate surface area is 164 Å². The number of hydrogen-bond donors (Lipinski definition) is 1. The second-order valence-corrected chi connectivity index (χ2v) is 8.75. The number of nitrogens with one attached hydrogen (secondary N) is 1. The van der Waals surface area contributed by atoms with Gasteiger partial charge in [-0.05, 0) is 48.1 Å². The molecule has 1 atom stereocenters. The average Bonchev–Trinajstić information content (AvgIpc) is 3.27. The first-order valence-electron chi connectivity index (χ1n) is 9.10. The van der Waals surface area contributed by atoms with E-state index in [1.807, 2.05) is 31.4 Å². The number of aryl methyl sites for hydroxylation is 2. The number of carbonyl (C=O) groups is 1. The van der Waals surface area contributed by atoms with Crippen molar-refractivity contribution in [2.24, 2.45) is 7.05 Å². The molecule has 0 bridgehead atoms. The van der Waals surface area contributed by atoms with Crippen LogP contribution < -0.4 is 4.72 Å². The number of carbonyl (C=O) groups excluding carboxylic acids is 1. The lowest BCUT2D eigenvalue weighted by Gasteiger charge is -2.14. The molecule has 1 aliphatic carbocycles. The third-order valence-electron chi connectivity index (χ3n) is 5.22. The fourth-order valence-electron chi connectivity index (χ4n) is 3.87. The summed E-state index contributed by atoms with van der Waals surface area (Å²) in [5.41, 5.74) is 4.62. The maximum Gasteiger partial charge on any atom is 0.264 e. The van der Waals surface area contributed by atoms with Crippen LogP contribution in [0.2, 0.25) is 0 Å². The van der Waals surface area contributed by atoms with Gasteiger partial charge in [-0.3, -0.25) is 9.48 Å². The van der Waals surface area contributed by atoms with Crippen LogP contribution in [0.1, 0.15) is 29.0 Å². The molecule has 0 fully saturated rings. The van der Waals surface area contributed by atoms with Gasteiger partial charge in [-0.25, -0.2) is 13.1 Å². The van der Waals surface area contributed by atoms with E-state index in [4.69, 9.17) is 0 Å². The third kappa shape index (κ3) is 3.22. The van der Waals surface area contributed by atoms with E-state index in [1.165, 1.54) is 6.07 Å². The largest absolute Gasteiger partial charge is 0.275 e. The zero-order valence-corrected chi connectivity index (χ0v) is 16.5. The van der Waals surface area contributed by atoms with Crippen LogP contribution in [0.25, 0.3) is 11.1 Å². The highest BCUT2D eigenvalue weighted by atomic mass is 32.2. The van der Waals surface area contributed by atoms with E-state index < -0.39 is 21.8 Å². The summed E-state index contributed by atoms with van der Waals surface area (Å²) in [4.78, 5) is 13.0. The molecule has 144 valence electrons. The zero-order chi connectivity index (χ0) is 19.9. The van der Waals surface area contributed by atoms with Gasteiger partial charge in [0.05, 0.1) is 17.0 Å². The quantitative estimate of drug-likeness (QED) is 0.736. The first-order chi connectivity index (χ1) is 13.4. The lowest BCUT2D eigenvalue weighted by Crippen LogP contribution is -2.34. The Kier molecular flexibility index (Phi) is 4.55. The smallest absolute Gasteiger partial charge is 0.264 e. The summed E-state index contributed by atoms with van der Waals surface area (Å²) in [6.45, 7) is 1.71. The first kappa shape index (κ1) is 18.4. The van der Waals surface area contributed by atoms with Crippen LogP contribution in [0, 0.1) is 6.92 Å². The molecule has 1 N–H and O–H groups in total. The second kappa shape index (κ2) is 6.91. The van der Waals surface area contributed by atoms with Gasteiger partial charge in [-0.1, -0.05) is 36.4 Å². The van der Waals surface area contributed by atoms with Crippen molar-refractivity contribution in [1.29, 1.82) is 0 Å². The number of nitrogens with zero attached hydrogens (tertiary/aromatic N) is 2. The van der Waals surface area contributed by atoms with E-state index in [0.29, 0.717) is 12.0 Å². The molecule has 0 saturated heterocycles. The van der Waals surface area contributed by atoms with Crippen LogP contribution in [0.3, 0.4) is 0 Å². The van der Waals surface area contributed by atoms with Crippen molar-refractivity contribution in [3.63, 3.8) is 0 Å². The molecule has 1 heterocycles. The molecule has 0 spiro atoms. The minimum Gasteiger partial charge on any atom is -0.275 e. The molecule has 1 aliphatic rings. The molecule has 1 unspecified atom stereocenters. The van der Waals surface area contributed by atoms with Gasteiger partial charge < -0.3 is 0 Å². The Morgan fingerprint density at radius 1 is 1.18 bits per heavy atom. The van der Waals surface area contributed by atoms with Gasteiger partial charge in [-0.15, -0.1) is 0 Å². The summed E-state index contributed by atoms with van der Waals surface area (Å²) in [6.07, 6.45) is 5.04. The van der Waals surface area contributed by atoms with E-state index in [1.54, 1.807) is 36.0 Å². The van der Waals surface area contributed by atoms with Crippen molar-refractivity contribution < 1.29 is 13.2 Å². The van der Waals surface area contributed by atoms with Gasteiger partial charge >= 0.3 is 0 Å². The summed E-state index contributed by atoms with van der Waals surface area (Å²) in [5.74, 6) is -0.962. The zero-order valence-electron chi connectivity index (χ0n) is 15.7. The fraction of sp³-hybridized carbons (Fsp3) is 0.238. The Balaban J connectivity index is 1.63. The Morgan fingerprint density at radius 2 is 1.96 bits per heavy atom. The van der Waals surface area contributed by atoms with Crippen LogP contribution in [0.5, 0.6) is 0 Å². The summed E-state index contributed by atoms with van der Waals surface area (Å²) in [6, 6.07) is 12.5. The number of aromatic nitrogens is 2. The van der Waals surface area contributed by atoms with Gasteiger partial charge in [0.1, 0.15) is 0 Å². The van der Waals surface area contributed by atoms with Crippen molar-refractivity contribution in [1.82, 2.24) is 14.5 Å². The minimum atomic E-state index is -3.90. The molecule has 0 aliphatic heterocycles. The summed E-state index contributed by atoms with van der Waals surface area (Å²) in [5, 5.41) is 4.22. The molecule has 28 heavy (non-hydrogen) atoms. The average molecular weight is 395 g/mol. The number of fused-ring (bicyclic) bond motifs is 1. The number of rotatable bonds is 4. The summed E-state index contributed by atoms with van der Waals surface area (Å²) < 4.78 is 29.4. The number of sulfonamides is 1. The SMILES string of the molecule is Cc1ccccc1S(=O)(=O)NC(=O)C1CCc2c(-c3cnn(C)c3)cccc21. The van der Waals surface area contributed by atoms with E-state index in [9.17, 15) is 13.2 Å². The van der Waals surface area contributed by atoms with Crippen molar-refractivity contribution >= 4 is 15.9 Å². The second-order valence-electron chi connectivity index (χ2n) is 7.10. The lowest BCUT2D eigenvalue weighted by atomic mass is 9.96.